The van der Waals surface area contributed by atoms with E-state index in [2.05, 4.69) is 57.5 Å². The van der Waals surface area contributed by atoms with E-state index in [0.29, 0.717) is 17.7 Å². The Morgan fingerprint density at radius 1 is 1.02 bits per heavy atom. The average Bonchev–Trinajstić information content (AvgIpc) is 2.91. The Kier molecular flexibility index (Phi) is 11.5. The van der Waals surface area contributed by atoms with Crippen LogP contribution >= 0.6 is 0 Å². The lowest BCUT2D eigenvalue weighted by Crippen LogP contribution is -2.44. The highest BCUT2D eigenvalue weighted by molar-refractivity contribution is 6.74. The van der Waals surface area contributed by atoms with Gasteiger partial charge in [0.15, 0.2) is 8.32 Å². The molecule has 0 aliphatic heterocycles. The Balaban J connectivity index is 1.63. The minimum atomic E-state index is -2.12. The Labute approximate surface area is 251 Å². The Morgan fingerprint density at radius 3 is 2.43 bits per heavy atom. The molecule has 0 bridgehead atoms. The zero-order chi connectivity index (χ0) is 31.1. The van der Waals surface area contributed by atoms with Crippen molar-refractivity contribution < 1.29 is 23.8 Å². The molecule has 4 N–H and O–H groups in total. The van der Waals surface area contributed by atoms with Gasteiger partial charge in [0.1, 0.15) is 11.6 Å². The molecular formula is C34H47FN2O4Si. The normalized spacial score (nSPS) is 13.5. The molecule has 8 heteroatoms. The number of aliphatic hydroxyl groups excluding tert-OH is 1. The molecule has 0 heterocycles. The molecule has 2 atom stereocenters. The van der Waals surface area contributed by atoms with Crippen LogP contribution in [0.2, 0.25) is 18.1 Å². The van der Waals surface area contributed by atoms with Crippen LogP contribution in [0.1, 0.15) is 67.2 Å². The quantitative estimate of drug-likeness (QED) is 0.170. The first kappa shape index (κ1) is 33.5. The molecule has 6 nitrogen and oxygen atoms in total. The van der Waals surface area contributed by atoms with Gasteiger partial charge in [-0.1, -0.05) is 68.8 Å². The summed E-state index contributed by atoms with van der Waals surface area (Å²) in [6, 6.07) is 18.3. The van der Waals surface area contributed by atoms with Gasteiger partial charge in [-0.25, -0.2) is 4.39 Å². The van der Waals surface area contributed by atoms with E-state index in [-0.39, 0.29) is 54.2 Å². The molecule has 0 radical (unpaired) electrons. The lowest BCUT2D eigenvalue weighted by molar-refractivity contribution is -0.120. The maximum Gasteiger partial charge on any atom is 0.224 e. The molecule has 0 saturated heterocycles. The first-order valence-electron chi connectivity index (χ1n) is 14.6. The van der Waals surface area contributed by atoms with Crippen LogP contribution in [0.25, 0.3) is 0 Å². The number of phenols is 1. The highest BCUT2D eigenvalue weighted by Crippen LogP contribution is 2.40. The number of hydrogen-bond donors (Lipinski definition) is 4. The third kappa shape index (κ3) is 9.49. The number of aromatic hydroxyl groups is 1. The fourth-order valence-electron chi connectivity index (χ4n) is 4.57. The predicted octanol–water partition coefficient (Wildman–Crippen LogP) is 6.47. The fourth-order valence-corrected chi connectivity index (χ4v) is 5.86. The molecule has 0 unspecified atom stereocenters. The number of aryl methyl sites for hydroxylation is 1. The van der Waals surface area contributed by atoms with Crippen LogP contribution in [0, 0.1) is 12.7 Å². The largest absolute Gasteiger partial charge is 0.508 e. The van der Waals surface area contributed by atoms with Gasteiger partial charge in [-0.2, -0.15) is 0 Å². The third-order valence-electron chi connectivity index (χ3n) is 8.12. The second-order valence-electron chi connectivity index (χ2n) is 12.8. The topological polar surface area (TPSA) is 90.8 Å². The van der Waals surface area contributed by atoms with Crippen molar-refractivity contribution in [2.45, 2.75) is 90.9 Å². The summed E-state index contributed by atoms with van der Waals surface area (Å²) in [4.78, 5) is 12.6. The monoisotopic (exact) mass is 594 g/mol. The summed E-state index contributed by atoms with van der Waals surface area (Å²) in [6.45, 7) is 15.6. The van der Waals surface area contributed by atoms with Crippen molar-refractivity contribution in [3.05, 3.63) is 99.9 Å². The van der Waals surface area contributed by atoms with Gasteiger partial charge in [-0.05, 0) is 73.3 Å². The standard InChI is InChI=1S/C34H47FN2O4Si/c1-23-11-13-30(35)28(15-23)20-37-33(40)18-26-10-8-9-25(17-26)16-24(2)36-21-32(41-42(6,7)34(3,4)5)27-12-14-31(39)29(19-27)22-38/h8-15,17,19,24,32,36,38-39H,16,18,20-22H2,1-7H3,(H,37,40)/t24-,32+/m1/s1. The lowest BCUT2D eigenvalue weighted by atomic mass is 10.0. The Morgan fingerprint density at radius 2 is 1.74 bits per heavy atom. The van der Waals surface area contributed by atoms with Crippen molar-refractivity contribution >= 4 is 14.2 Å². The fraction of sp³-hybridized carbons (Fsp3) is 0.441. The second kappa shape index (κ2) is 14.4. The highest BCUT2D eigenvalue weighted by Gasteiger charge is 2.39. The van der Waals surface area contributed by atoms with E-state index in [1.807, 2.05) is 37.3 Å². The predicted molar refractivity (Wildman–Crippen MR) is 169 cm³/mol. The summed E-state index contributed by atoms with van der Waals surface area (Å²) in [6.07, 6.45) is 0.737. The molecule has 3 rings (SSSR count). The number of aliphatic hydroxyl groups is 1. The molecule has 0 saturated carbocycles. The zero-order valence-corrected chi connectivity index (χ0v) is 27.1. The summed E-state index contributed by atoms with van der Waals surface area (Å²) in [5, 5.41) is 26.3. The van der Waals surface area contributed by atoms with Crippen LogP contribution in [-0.4, -0.2) is 37.0 Å². The van der Waals surface area contributed by atoms with E-state index in [1.54, 1.807) is 18.2 Å². The number of nitrogens with one attached hydrogen (secondary N) is 2. The van der Waals surface area contributed by atoms with E-state index in [0.717, 1.165) is 28.7 Å². The third-order valence-corrected chi connectivity index (χ3v) is 12.6. The highest BCUT2D eigenvalue weighted by atomic mass is 28.4. The Hall–Kier alpha value is -3.04. The van der Waals surface area contributed by atoms with Gasteiger partial charge in [0, 0.05) is 30.3 Å². The van der Waals surface area contributed by atoms with Crippen LogP contribution in [0.3, 0.4) is 0 Å². The van der Waals surface area contributed by atoms with Crippen LogP contribution in [0.15, 0.2) is 60.7 Å². The molecule has 0 aliphatic rings. The minimum Gasteiger partial charge on any atom is -0.508 e. The first-order valence-corrected chi connectivity index (χ1v) is 17.5. The summed E-state index contributed by atoms with van der Waals surface area (Å²) < 4.78 is 20.8. The van der Waals surface area contributed by atoms with Gasteiger partial charge in [-0.15, -0.1) is 0 Å². The molecule has 1 amide bonds. The SMILES string of the molecule is Cc1ccc(F)c(CNC(=O)Cc2cccc(C[C@@H](C)NC[C@H](O[Si](C)(C)C(C)(C)C)c3ccc(O)c(CO)c3)c2)c1. The number of carbonyl (C=O) groups excluding carboxylic acids is 1. The first-order chi connectivity index (χ1) is 19.7. The number of amides is 1. The van der Waals surface area contributed by atoms with Gasteiger partial charge in [-0.3, -0.25) is 4.79 Å². The number of rotatable bonds is 13. The molecule has 3 aromatic rings. The smallest absolute Gasteiger partial charge is 0.224 e. The molecule has 228 valence electrons. The number of halogens is 1. The second-order valence-corrected chi connectivity index (χ2v) is 17.6. The van der Waals surface area contributed by atoms with Gasteiger partial charge in [0.05, 0.1) is 19.1 Å². The van der Waals surface area contributed by atoms with Crippen molar-refractivity contribution in [1.82, 2.24) is 10.6 Å². The maximum absolute atomic E-state index is 14.0. The van der Waals surface area contributed by atoms with Crippen molar-refractivity contribution in [2.75, 3.05) is 6.54 Å². The van der Waals surface area contributed by atoms with Crippen molar-refractivity contribution in [1.29, 1.82) is 0 Å². The van der Waals surface area contributed by atoms with Crippen LogP contribution in [0.4, 0.5) is 4.39 Å². The average molecular weight is 595 g/mol. The van der Waals surface area contributed by atoms with Gasteiger partial charge in [0.25, 0.3) is 0 Å². The summed E-state index contributed by atoms with van der Waals surface area (Å²) in [7, 11) is -2.12. The zero-order valence-electron chi connectivity index (χ0n) is 26.1. The van der Waals surface area contributed by atoms with Crippen molar-refractivity contribution in [2.24, 2.45) is 0 Å². The van der Waals surface area contributed by atoms with E-state index < -0.39 is 8.32 Å². The number of hydrogen-bond acceptors (Lipinski definition) is 5. The number of benzene rings is 3. The van der Waals surface area contributed by atoms with Crippen LogP contribution in [0.5, 0.6) is 5.75 Å². The lowest BCUT2D eigenvalue weighted by Gasteiger charge is -2.40. The maximum atomic E-state index is 14.0. The molecule has 0 fully saturated rings. The molecular weight excluding hydrogens is 547 g/mol. The van der Waals surface area contributed by atoms with Gasteiger partial charge in [0.2, 0.25) is 5.91 Å². The van der Waals surface area contributed by atoms with Crippen molar-refractivity contribution in [3.8, 4) is 5.75 Å². The van der Waals surface area contributed by atoms with E-state index in [4.69, 9.17) is 4.43 Å². The van der Waals surface area contributed by atoms with Gasteiger partial charge >= 0.3 is 0 Å². The van der Waals surface area contributed by atoms with Crippen LogP contribution in [-0.2, 0) is 35.2 Å². The minimum absolute atomic E-state index is 0.0223. The van der Waals surface area contributed by atoms with Gasteiger partial charge < -0.3 is 25.3 Å². The summed E-state index contributed by atoms with van der Waals surface area (Å²) >= 11 is 0. The molecule has 0 aliphatic carbocycles. The summed E-state index contributed by atoms with van der Waals surface area (Å²) in [5.41, 5.74) is 4.84. The molecule has 0 aromatic heterocycles. The number of carbonyl (C=O) groups is 1. The van der Waals surface area contributed by atoms with Crippen molar-refractivity contribution in [3.63, 3.8) is 0 Å². The molecule has 42 heavy (non-hydrogen) atoms. The Bertz CT molecular complexity index is 1360. The summed E-state index contributed by atoms with van der Waals surface area (Å²) in [5.74, 6) is -0.397. The molecule has 3 aromatic carbocycles. The van der Waals surface area contributed by atoms with E-state index in [1.165, 1.54) is 6.07 Å². The van der Waals surface area contributed by atoms with E-state index >= 15 is 0 Å². The molecule has 0 spiro atoms. The van der Waals surface area contributed by atoms with E-state index in [9.17, 15) is 19.4 Å². The van der Waals surface area contributed by atoms with Crippen LogP contribution < -0.4 is 10.6 Å².